The normalized spacial score (nSPS) is 15.4. The van der Waals surface area contributed by atoms with Crippen molar-refractivity contribution in [3.8, 4) is 11.5 Å². The predicted molar refractivity (Wildman–Crippen MR) is 127 cm³/mol. The smallest absolute Gasteiger partial charge is 0.244 e. The Kier molecular flexibility index (Phi) is 6.84. The maximum Gasteiger partial charge on any atom is 0.244 e. The van der Waals surface area contributed by atoms with Gasteiger partial charge in [-0.2, -0.15) is 0 Å². The molecule has 2 amide bonds. The lowest BCUT2D eigenvalue weighted by Gasteiger charge is -2.22. The lowest BCUT2D eigenvalue weighted by atomic mass is 10.1. The maximum atomic E-state index is 13.9. The molecule has 3 aromatic carbocycles. The third-order valence-electron chi connectivity index (χ3n) is 5.32. The molecule has 4 rings (SSSR count). The molecule has 0 unspecified atom stereocenters. The van der Waals surface area contributed by atoms with Gasteiger partial charge in [-0.15, -0.1) is 11.8 Å². The van der Waals surface area contributed by atoms with Crippen LogP contribution >= 0.6 is 11.8 Å². The van der Waals surface area contributed by atoms with E-state index in [0.717, 1.165) is 10.5 Å². The Morgan fingerprint density at radius 1 is 1.06 bits per heavy atom. The summed E-state index contributed by atoms with van der Waals surface area (Å²) in [6.07, 6.45) is 0.182. The summed E-state index contributed by atoms with van der Waals surface area (Å²) >= 11 is 1.55. The topological polar surface area (TPSA) is 67.9 Å². The molecule has 1 atom stereocenters. The lowest BCUT2D eigenvalue weighted by molar-refractivity contribution is -0.121. The second-order valence-corrected chi connectivity index (χ2v) is 8.65. The molecule has 1 aliphatic heterocycles. The van der Waals surface area contributed by atoms with Crippen LogP contribution in [0.3, 0.4) is 0 Å². The minimum Gasteiger partial charge on any atom is -0.493 e. The summed E-state index contributed by atoms with van der Waals surface area (Å²) in [6.45, 7) is -0.219. The number of benzene rings is 3. The Morgan fingerprint density at radius 2 is 1.79 bits per heavy atom. The van der Waals surface area contributed by atoms with Gasteiger partial charge >= 0.3 is 0 Å². The Morgan fingerprint density at radius 3 is 2.55 bits per heavy atom. The van der Waals surface area contributed by atoms with Crippen molar-refractivity contribution in [2.75, 3.05) is 31.0 Å². The van der Waals surface area contributed by atoms with E-state index < -0.39 is 11.7 Å². The molecular weight excluding hydrogens is 443 g/mol. The summed E-state index contributed by atoms with van der Waals surface area (Å²) in [6, 6.07) is 19.0. The number of carbonyl (C=O) groups excluding carboxylic acids is 2. The van der Waals surface area contributed by atoms with E-state index in [0.29, 0.717) is 17.2 Å². The molecule has 0 saturated heterocycles. The molecule has 0 bridgehead atoms. The summed E-state index contributed by atoms with van der Waals surface area (Å²) in [5, 5.41) is 2.37. The first-order chi connectivity index (χ1) is 16.0. The minimum absolute atomic E-state index is 0.0793. The fourth-order valence-corrected chi connectivity index (χ4v) is 4.96. The Hall–Kier alpha value is -3.52. The molecule has 6 nitrogen and oxygen atoms in total. The van der Waals surface area contributed by atoms with E-state index >= 15 is 0 Å². The molecular formula is C25H23FN2O4S. The Balaban J connectivity index is 1.60. The number of ether oxygens (including phenoxy) is 2. The highest BCUT2D eigenvalue weighted by molar-refractivity contribution is 7.99. The molecule has 1 heterocycles. The summed E-state index contributed by atoms with van der Waals surface area (Å²) < 4.78 is 24.7. The second-order valence-electron chi connectivity index (χ2n) is 7.40. The van der Waals surface area contributed by atoms with Gasteiger partial charge in [0.05, 0.1) is 25.6 Å². The van der Waals surface area contributed by atoms with E-state index in [4.69, 9.17) is 9.47 Å². The van der Waals surface area contributed by atoms with Gasteiger partial charge in [-0.25, -0.2) is 4.39 Å². The largest absolute Gasteiger partial charge is 0.493 e. The number of halogens is 1. The SMILES string of the molecule is COc1ccc([C@H]2CC(=O)N(CC(=O)Nc3ccccc3F)c3ccccc3S2)cc1OC. The van der Waals surface area contributed by atoms with Gasteiger partial charge in [0, 0.05) is 16.6 Å². The van der Waals surface area contributed by atoms with Crippen molar-refractivity contribution in [2.24, 2.45) is 0 Å². The number of thioether (sulfide) groups is 1. The Labute approximate surface area is 195 Å². The first-order valence-electron chi connectivity index (χ1n) is 10.3. The zero-order valence-corrected chi connectivity index (χ0v) is 19.0. The van der Waals surface area contributed by atoms with Crippen LogP contribution in [-0.4, -0.2) is 32.6 Å². The molecule has 1 aliphatic rings. The minimum atomic E-state index is -0.530. The fourth-order valence-electron chi connectivity index (χ4n) is 3.69. The number of amides is 2. The van der Waals surface area contributed by atoms with Crippen molar-refractivity contribution in [1.82, 2.24) is 0 Å². The fraction of sp³-hybridized carbons (Fsp3) is 0.200. The number of methoxy groups -OCH3 is 2. The standard InChI is InChI=1S/C25H23FN2O4S/c1-31-20-12-11-16(13-21(20)32-2)23-14-25(30)28(19-9-5-6-10-22(19)33-23)15-24(29)27-18-8-4-3-7-17(18)26/h3-13,23H,14-15H2,1-2H3,(H,27,29)/t23-/m1/s1. The van der Waals surface area contributed by atoms with Gasteiger partial charge in [0.2, 0.25) is 11.8 Å². The molecule has 0 aromatic heterocycles. The van der Waals surface area contributed by atoms with E-state index in [1.54, 1.807) is 38.1 Å². The van der Waals surface area contributed by atoms with Crippen LogP contribution in [0.2, 0.25) is 0 Å². The number of nitrogens with one attached hydrogen (secondary N) is 1. The van der Waals surface area contributed by atoms with Gasteiger partial charge < -0.3 is 19.7 Å². The first kappa shape index (κ1) is 22.7. The van der Waals surface area contributed by atoms with Crippen LogP contribution in [0.15, 0.2) is 71.6 Å². The summed E-state index contributed by atoms with van der Waals surface area (Å²) in [7, 11) is 3.14. The van der Waals surface area contributed by atoms with Crippen molar-refractivity contribution >= 4 is 35.0 Å². The number of hydrogen-bond acceptors (Lipinski definition) is 5. The van der Waals surface area contributed by atoms with E-state index in [9.17, 15) is 14.0 Å². The number of hydrogen-bond donors (Lipinski definition) is 1. The third-order valence-corrected chi connectivity index (χ3v) is 6.64. The van der Waals surface area contributed by atoms with Crippen LogP contribution < -0.4 is 19.7 Å². The van der Waals surface area contributed by atoms with Crippen LogP contribution in [0.4, 0.5) is 15.8 Å². The molecule has 170 valence electrons. The van der Waals surface area contributed by atoms with Crippen LogP contribution in [-0.2, 0) is 9.59 Å². The predicted octanol–water partition coefficient (Wildman–Crippen LogP) is 5.05. The molecule has 0 saturated carbocycles. The van der Waals surface area contributed by atoms with Crippen molar-refractivity contribution in [3.05, 3.63) is 78.1 Å². The van der Waals surface area contributed by atoms with E-state index in [1.165, 1.54) is 17.0 Å². The highest BCUT2D eigenvalue weighted by Crippen LogP contribution is 2.46. The molecule has 3 aromatic rings. The zero-order chi connectivity index (χ0) is 23.4. The number of fused-ring (bicyclic) bond motifs is 1. The average Bonchev–Trinajstić information content (AvgIpc) is 2.96. The molecule has 0 spiro atoms. The van der Waals surface area contributed by atoms with Crippen LogP contribution in [0.25, 0.3) is 0 Å². The lowest BCUT2D eigenvalue weighted by Crippen LogP contribution is -2.38. The number of carbonyl (C=O) groups is 2. The van der Waals surface area contributed by atoms with Gasteiger partial charge in [0.25, 0.3) is 0 Å². The summed E-state index contributed by atoms with van der Waals surface area (Å²) in [4.78, 5) is 28.3. The highest BCUT2D eigenvalue weighted by Gasteiger charge is 2.31. The number of para-hydroxylation sites is 2. The highest BCUT2D eigenvalue weighted by atomic mass is 32.2. The van der Waals surface area contributed by atoms with Gasteiger partial charge in [0.15, 0.2) is 11.5 Å². The number of anilines is 2. The van der Waals surface area contributed by atoms with Crippen molar-refractivity contribution in [2.45, 2.75) is 16.6 Å². The molecule has 8 heteroatoms. The third kappa shape index (κ3) is 4.96. The summed E-state index contributed by atoms with van der Waals surface area (Å²) in [5.74, 6) is -0.00834. The quantitative estimate of drug-likeness (QED) is 0.551. The van der Waals surface area contributed by atoms with E-state index in [2.05, 4.69) is 5.32 Å². The molecule has 0 fully saturated rings. The molecule has 33 heavy (non-hydrogen) atoms. The molecule has 0 radical (unpaired) electrons. The maximum absolute atomic E-state index is 13.9. The van der Waals surface area contributed by atoms with Gasteiger partial charge in [-0.1, -0.05) is 30.3 Å². The summed E-state index contributed by atoms with van der Waals surface area (Å²) in [5.41, 5.74) is 1.65. The van der Waals surface area contributed by atoms with Crippen LogP contribution in [0.1, 0.15) is 17.2 Å². The van der Waals surface area contributed by atoms with E-state index in [1.807, 2.05) is 42.5 Å². The average molecular weight is 467 g/mol. The molecule has 1 N–H and O–H groups in total. The van der Waals surface area contributed by atoms with Crippen molar-refractivity contribution < 1.29 is 23.5 Å². The van der Waals surface area contributed by atoms with E-state index in [-0.39, 0.29) is 29.8 Å². The van der Waals surface area contributed by atoms with Gasteiger partial charge in [-0.3, -0.25) is 9.59 Å². The Bertz CT molecular complexity index is 1190. The number of nitrogens with zero attached hydrogens (tertiary/aromatic N) is 1. The van der Waals surface area contributed by atoms with Crippen LogP contribution in [0.5, 0.6) is 11.5 Å². The van der Waals surface area contributed by atoms with Crippen LogP contribution in [0, 0.1) is 5.82 Å². The van der Waals surface area contributed by atoms with Gasteiger partial charge in [-0.05, 0) is 42.0 Å². The number of rotatable bonds is 6. The second kappa shape index (κ2) is 9.95. The zero-order valence-electron chi connectivity index (χ0n) is 18.2. The first-order valence-corrected chi connectivity index (χ1v) is 11.2. The van der Waals surface area contributed by atoms with Gasteiger partial charge in [0.1, 0.15) is 12.4 Å². The van der Waals surface area contributed by atoms with Crippen molar-refractivity contribution in [1.29, 1.82) is 0 Å². The molecule has 0 aliphatic carbocycles. The van der Waals surface area contributed by atoms with Crippen molar-refractivity contribution in [3.63, 3.8) is 0 Å². The monoisotopic (exact) mass is 466 g/mol.